The number of Topliss-reactive ketones (excluding diaryl/α,β-unsaturated/α-hetero) is 2. The summed E-state index contributed by atoms with van der Waals surface area (Å²) < 4.78 is 21.2. The van der Waals surface area contributed by atoms with Gasteiger partial charge in [-0.15, -0.1) is 0 Å². The van der Waals surface area contributed by atoms with E-state index in [1.165, 1.54) is 0 Å². The molecule has 12 nitrogen and oxygen atoms in total. The van der Waals surface area contributed by atoms with Crippen LogP contribution < -0.4 is 0 Å². The second kappa shape index (κ2) is 25.1. The molecule has 1 aliphatic heterocycles. The van der Waals surface area contributed by atoms with Gasteiger partial charge in [-0.3, -0.25) is 9.59 Å². The van der Waals surface area contributed by atoms with E-state index in [-0.39, 0.29) is 36.9 Å². The molecule has 336 valence electrons. The van der Waals surface area contributed by atoms with Crippen LogP contribution in [0.4, 0.5) is 0 Å². The van der Waals surface area contributed by atoms with Gasteiger partial charge in [0.05, 0.1) is 6.61 Å². The topological polar surface area (TPSA) is 189 Å². The van der Waals surface area contributed by atoms with Gasteiger partial charge in [-0.05, 0) is 87.5 Å². The Kier molecular flexibility index (Phi) is 21.8. The zero-order valence-corrected chi connectivity index (χ0v) is 39.1. The third kappa shape index (κ3) is 16.6. The number of cyclic esters (lactones) is 1. The zero-order valence-electron chi connectivity index (χ0n) is 37.2. The predicted octanol–water partition coefficient (Wildman–Crippen LogP) is 10.2. The molecule has 0 radical (unpaired) electrons. The number of aliphatic hydroxyl groups is 3. The van der Waals surface area contributed by atoms with Crippen molar-refractivity contribution in [1.82, 2.24) is 0 Å². The lowest BCUT2D eigenvalue weighted by Gasteiger charge is -2.36. The molecule has 1 heterocycles. The van der Waals surface area contributed by atoms with Gasteiger partial charge in [0, 0.05) is 15.0 Å². The van der Waals surface area contributed by atoms with Gasteiger partial charge in [-0.25, -0.2) is 4.79 Å². The van der Waals surface area contributed by atoms with Crippen LogP contribution in [0.3, 0.4) is 0 Å². The van der Waals surface area contributed by atoms with Crippen LogP contribution in [-0.2, 0) is 32.7 Å². The summed E-state index contributed by atoms with van der Waals surface area (Å²) in [5.74, 6) is -2.57. The molecule has 0 aromatic rings. The highest BCUT2D eigenvalue weighted by Gasteiger charge is 2.40. The average Bonchev–Trinajstić information content (AvgIpc) is 3.43. The smallest absolute Gasteiger partial charge is 0.377 e. The lowest BCUT2D eigenvalue weighted by molar-refractivity contribution is -0.142. The van der Waals surface area contributed by atoms with Gasteiger partial charge < -0.3 is 43.4 Å². The molecule has 0 aromatic carbocycles. The van der Waals surface area contributed by atoms with Gasteiger partial charge in [0.2, 0.25) is 5.76 Å². The van der Waals surface area contributed by atoms with Crippen molar-refractivity contribution >= 4 is 35.2 Å². The Bertz CT molecular complexity index is 1990. The van der Waals surface area contributed by atoms with E-state index >= 15 is 0 Å². The van der Waals surface area contributed by atoms with E-state index in [0.717, 1.165) is 40.5 Å². The third-order valence-corrected chi connectivity index (χ3v) is 11.4. The van der Waals surface area contributed by atoms with Crippen LogP contribution in [0.25, 0.3) is 0 Å². The standard InChI is InChI=1S/C46H60O11P2.CH4O.H2/c1-29(15-11-12-16-30(2)18-14-20-32(4)22-24-36-34(6)41(48)39(57-59(52)53)28-46(36,9)10)17-13-19-31(3)21-23-35-33(5)40(47)38(27-45(35,7)8)56-58-54-26-25-37-42(49)43(50)44(51)55-37;1-2;/h11-24,37-39,49-50,52-53,58H,25-28H2,1-10H3;2H,1H3;1H/b12-11+,17-13+,18-14+,23-21+,24-22+,29-15+,30-16+,31-19+,32-20+;;. The normalized spacial score (nSPS) is 23.5. The van der Waals surface area contributed by atoms with Crippen LogP contribution in [0.5, 0.6) is 0 Å². The van der Waals surface area contributed by atoms with Crippen molar-refractivity contribution in [3.8, 4) is 0 Å². The van der Waals surface area contributed by atoms with E-state index in [1.807, 2.05) is 134 Å². The molecule has 0 aromatic heterocycles. The van der Waals surface area contributed by atoms with Crippen LogP contribution in [0.15, 0.2) is 141 Å². The van der Waals surface area contributed by atoms with Crippen molar-refractivity contribution in [2.75, 3.05) is 13.7 Å². The first-order chi connectivity index (χ1) is 28.6. The van der Waals surface area contributed by atoms with E-state index in [2.05, 4.69) is 13.8 Å². The minimum atomic E-state index is -2.60. The Labute approximate surface area is 365 Å². The van der Waals surface area contributed by atoms with Crippen LogP contribution in [-0.4, -0.2) is 74.7 Å². The lowest BCUT2D eigenvalue weighted by Crippen LogP contribution is -2.36. The maximum atomic E-state index is 13.2. The van der Waals surface area contributed by atoms with Crippen LogP contribution >= 0.6 is 17.6 Å². The van der Waals surface area contributed by atoms with E-state index in [1.54, 1.807) is 6.92 Å². The summed E-state index contributed by atoms with van der Waals surface area (Å²) in [4.78, 5) is 55.7. The van der Waals surface area contributed by atoms with Crippen molar-refractivity contribution in [2.24, 2.45) is 10.8 Å². The summed E-state index contributed by atoms with van der Waals surface area (Å²) in [5.41, 5.74) is 6.60. The Morgan fingerprint density at radius 2 is 1.16 bits per heavy atom. The van der Waals surface area contributed by atoms with Gasteiger partial charge in [-0.2, -0.15) is 0 Å². The number of esters is 1. The van der Waals surface area contributed by atoms with E-state index in [9.17, 15) is 34.4 Å². The van der Waals surface area contributed by atoms with E-state index in [4.69, 9.17) is 23.4 Å². The minimum Gasteiger partial charge on any atom is -0.505 e. The summed E-state index contributed by atoms with van der Waals surface area (Å²) in [6, 6.07) is 0. The number of carbonyl (C=O) groups excluding carboxylic acids is 3. The molecule has 5 N–H and O–H groups in total. The van der Waals surface area contributed by atoms with Crippen LogP contribution in [0, 0.1) is 10.8 Å². The number of rotatable bonds is 18. The zero-order chi connectivity index (χ0) is 46.1. The molecule has 2 aliphatic carbocycles. The van der Waals surface area contributed by atoms with Crippen molar-refractivity contribution in [3.05, 3.63) is 141 Å². The molecule has 0 bridgehead atoms. The fraction of sp³-hybridized carbons (Fsp3) is 0.426. The molecular weight excluding hydrogens is 818 g/mol. The number of hydrogen-bond donors (Lipinski definition) is 5. The van der Waals surface area contributed by atoms with Gasteiger partial charge in [0.1, 0.15) is 12.2 Å². The highest BCUT2D eigenvalue weighted by atomic mass is 31.2. The average molecular weight is 885 g/mol. The van der Waals surface area contributed by atoms with E-state index < -0.39 is 53.4 Å². The number of allylic oxidation sites excluding steroid dienone is 20. The molecule has 4 unspecified atom stereocenters. The molecule has 0 saturated heterocycles. The lowest BCUT2D eigenvalue weighted by atomic mass is 9.71. The summed E-state index contributed by atoms with van der Waals surface area (Å²) in [5, 5.41) is 26.1. The number of hydrogen-bond acceptors (Lipinski definition) is 12. The molecule has 4 atom stereocenters. The van der Waals surface area contributed by atoms with Gasteiger partial charge >= 0.3 is 14.6 Å². The Morgan fingerprint density at radius 1 is 0.738 bits per heavy atom. The van der Waals surface area contributed by atoms with Crippen molar-refractivity contribution < 1.29 is 59.2 Å². The first kappa shape index (κ1) is 53.0. The Balaban J connectivity index is 0.00000631. The minimum absolute atomic E-state index is 0. The maximum absolute atomic E-state index is 13.2. The molecule has 3 aliphatic rings. The van der Waals surface area contributed by atoms with Crippen molar-refractivity contribution in [1.29, 1.82) is 0 Å². The monoisotopic (exact) mass is 884 g/mol. The largest absolute Gasteiger partial charge is 0.505 e. The van der Waals surface area contributed by atoms with Gasteiger partial charge in [0.15, 0.2) is 32.5 Å². The fourth-order valence-electron chi connectivity index (χ4n) is 6.85. The molecule has 61 heavy (non-hydrogen) atoms. The Morgan fingerprint density at radius 3 is 1.61 bits per heavy atom. The van der Waals surface area contributed by atoms with Crippen LogP contribution in [0.2, 0.25) is 0 Å². The highest BCUT2D eigenvalue weighted by molar-refractivity contribution is 7.39. The molecule has 0 spiro atoms. The molecule has 0 fully saturated rings. The van der Waals surface area contributed by atoms with E-state index in [0.29, 0.717) is 24.0 Å². The molecule has 0 amide bonds. The Hall–Kier alpha value is -4.09. The SMILES string of the molecule is CC1=C(/C=C/C(C)=C/C=C/C(C)=C/C=C/C=C(C)/C=C/C=C(C)/C=C/C2=C(C)C(=O)C(OP(O)O)CC2(C)C)C(C)(C)CC(OPOCCC2OC(=O)C(O)=C2O)C1=O.CO.[HH]. The second-order valence-electron chi connectivity index (χ2n) is 16.2. The summed E-state index contributed by atoms with van der Waals surface area (Å²) in [7, 11) is -2.02. The number of ketones is 2. The number of carbonyl (C=O) groups is 3. The van der Waals surface area contributed by atoms with Crippen molar-refractivity contribution in [3.63, 3.8) is 0 Å². The van der Waals surface area contributed by atoms with Gasteiger partial charge in [-0.1, -0.05) is 135 Å². The third-order valence-electron chi connectivity index (χ3n) is 10.2. The predicted molar refractivity (Wildman–Crippen MR) is 245 cm³/mol. The van der Waals surface area contributed by atoms with Crippen LogP contribution in [0.1, 0.15) is 89.9 Å². The molecule has 14 heteroatoms. The molecule has 3 rings (SSSR count). The number of ether oxygens (including phenoxy) is 1. The van der Waals surface area contributed by atoms with Crippen molar-refractivity contribution in [2.45, 2.75) is 107 Å². The first-order valence-electron chi connectivity index (χ1n) is 19.9. The fourth-order valence-corrected chi connectivity index (χ4v) is 7.83. The maximum Gasteiger partial charge on any atom is 0.377 e. The molecular formula is C47H66O12P2. The first-order valence-corrected chi connectivity index (χ1v) is 21.9. The highest BCUT2D eigenvalue weighted by Crippen LogP contribution is 2.44. The number of aliphatic hydroxyl groups excluding tert-OH is 3. The molecule has 0 saturated carbocycles. The second-order valence-corrected chi connectivity index (χ2v) is 17.6. The summed E-state index contributed by atoms with van der Waals surface area (Å²) >= 11 is 0. The quantitative estimate of drug-likeness (QED) is 0.0380. The summed E-state index contributed by atoms with van der Waals surface area (Å²) in [6.07, 6.45) is 26.6. The summed E-state index contributed by atoms with van der Waals surface area (Å²) in [6.45, 7) is 19.9. The van der Waals surface area contributed by atoms with Gasteiger partial charge in [0.25, 0.3) is 0 Å².